The van der Waals surface area contributed by atoms with Crippen LogP contribution < -0.4 is 0 Å². The van der Waals surface area contributed by atoms with E-state index in [-0.39, 0.29) is 38.0 Å². The van der Waals surface area contributed by atoms with Crippen molar-refractivity contribution >= 4 is 0 Å². The molecule has 0 heterocycles. The van der Waals surface area contributed by atoms with Gasteiger partial charge >= 0.3 is 0 Å². The summed E-state index contributed by atoms with van der Waals surface area (Å²) < 4.78 is 53.9. The molecule has 4 heteroatoms. The van der Waals surface area contributed by atoms with Crippen LogP contribution in [-0.2, 0) is 0 Å². The Balaban J connectivity index is 0.000000789. The van der Waals surface area contributed by atoms with Crippen LogP contribution in [0.1, 0.15) is 91.9 Å². The number of alkyl halides is 4. The van der Waals surface area contributed by atoms with E-state index in [9.17, 15) is 17.6 Å². The summed E-state index contributed by atoms with van der Waals surface area (Å²) in [4.78, 5) is 0. The monoisotopic (exact) mass is 326 g/mol. The third-order valence-corrected chi connectivity index (χ3v) is 4.40. The van der Waals surface area contributed by atoms with Gasteiger partial charge in [0.15, 0.2) is 0 Å². The molecule has 2 fully saturated rings. The highest BCUT2D eigenvalue weighted by Gasteiger charge is 2.47. The lowest BCUT2D eigenvalue weighted by Gasteiger charge is -2.37. The van der Waals surface area contributed by atoms with Gasteiger partial charge < -0.3 is 0 Å². The summed E-state index contributed by atoms with van der Waals surface area (Å²) in [7, 11) is 0. The Kier molecular flexibility index (Phi) is 10.4. The average Bonchev–Trinajstić information content (AvgIpc) is 2.63. The predicted molar refractivity (Wildman–Crippen MR) is 85.7 cm³/mol. The van der Waals surface area contributed by atoms with Gasteiger partial charge in [-0.15, -0.1) is 0 Å². The average molecular weight is 326 g/mol. The molecule has 22 heavy (non-hydrogen) atoms. The molecule has 0 spiro atoms. The number of halogens is 4. The zero-order valence-corrected chi connectivity index (χ0v) is 14.7. The zero-order chi connectivity index (χ0) is 17.2. The van der Waals surface area contributed by atoms with Gasteiger partial charge in [0.2, 0.25) is 5.92 Å². The first kappa shape index (κ1) is 21.7. The van der Waals surface area contributed by atoms with Crippen molar-refractivity contribution in [2.45, 2.75) is 104 Å². The fourth-order valence-electron chi connectivity index (χ4n) is 3.34. The van der Waals surface area contributed by atoms with E-state index < -0.39 is 17.8 Å². The fraction of sp³-hybridized carbons (Fsp3) is 1.00. The molecule has 0 aromatic rings. The lowest BCUT2D eigenvalue weighted by atomic mass is 9.74. The summed E-state index contributed by atoms with van der Waals surface area (Å²) in [6.45, 7) is 8.25. The van der Waals surface area contributed by atoms with Gasteiger partial charge in [-0.05, 0) is 31.6 Å². The molecular weight excluding hydrogens is 292 g/mol. The molecule has 0 saturated heterocycles. The summed E-state index contributed by atoms with van der Waals surface area (Å²) in [5.41, 5.74) is 0. The Morgan fingerprint density at radius 2 is 1.27 bits per heavy atom. The molecule has 134 valence electrons. The summed E-state index contributed by atoms with van der Waals surface area (Å²) in [6.07, 6.45) is 4.11. The van der Waals surface area contributed by atoms with Crippen molar-refractivity contribution in [2.75, 3.05) is 0 Å². The van der Waals surface area contributed by atoms with E-state index in [1.165, 1.54) is 6.42 Å². The maximum Gasteiger partial charge on any atom is 0.251 e. The minimum Gasteiger partial charge on any atom is -0.207 e. The number of rotatable bonds is 1. The molecule has 2 rings (SSSR count). The molecule has 0 aromatic heterocycles. The summed E-state index contributed by atoms with van der Waals surface area (Å²) in [6, 6.07) is 0. The molecule has 0 bridgehead atoms. The Morgan fingerprint density at radius 1 is 0.773 bits per heavy atom. The van der Waals surface area contributed by atoms with E-state index in [1.54, 1.807) is 0 Å². The smallest absolute Gasteiger partial charge is 0.207 e. The highest BCUT2D eigenvalue weighted by atomic mass is 19.3. The molecule has 2 saturated carbocycles. The van der Waals surface area contributed by atoms with E-state index >= 15 is 0 Å². The van der Waals surface area contributed by atoms with Gasteiger partial charge in [-0.2, -0.15) is 0 Å². The van der Waals surface area contributed by atoms with Gasteiger partial charge in [0, 0.05) is 25.2 Å². The SMILES string of the molecule is CC.CCC.FC1(F)CCC(C2CCCCCC2(F)F)CC1. The van der Waals surface area contributed by atoms with E-state index in [4.69, 9.17) is 0 Å². The molecule has 0 aromatic carbocycles. The molecule has 1 unspecified atom stereocenters. The second kappa shape index (κ2) is 10.5. The minimum absolute atomic E-state index is 0.0510. The van der Waals surface area contributed by atoms with Crippen LogP contribution in [0, 0.1) is 11.8 Å². The molecule has 0 nitrogen and oxygen atoms in total. The van der Waals surface area contributed by atoms with Crippen molar-refractivity contribution in [1.82, 2.24) is 0 Å². The maximum atomic E-state index is 13.9. The third-order valence-electron chi connectivity index (χ3n) is 4.40. The first-order chi connectivity index (χ1) is 10.3. The highest BCUT2D eigenvalue weighted by Crippen LogP contribution is 2.48. The van der Waals surface area contributed by atoms with Gasteiger partial charge in [-0.1, -0.05) is 47.0 Å². The van der Waals surface area contributed by atoms with E-state index in [0.29, 0.717) is 12.8 Å². The van der Waals surface area contributed by atoms with Crippen LogP contribution in [0.4, 0.5) is 17.6 Å². The van der Waals surface area contributed by atoms with Gasteiger partial charge in [-0.3, -0.25) is 0 Å². The molecule has 0 radical (unpaired) electrons. The first-order valence-electron chi connectivity index (χ1n) is 9.08. The van der Waals surface area contributed by atoms with Crippen LogP contribution >= 0.6 is 0 Å². The molecule has 2 aliphatic carbocycles. The molecule has 0 amide bonds. The van der Waals surface area contributed by atoms with Crippen LogP contribution in [0.3, 0.4) is 0 Å². The second-order valence-electron chi connectivity index (χ2n) is 6.37. The van der Waals surface area contributed by atoms with Crippen LogP contribution in [0.2, 0.25) is 0 Å². The Morgan fingerprint density at radius 3 is 1.77 bits per heavy atom. The quantitative estimate of drug-likeness (QED) is 0.346. The van der Waals surface area contributed by atoms with Crippen molar-refractivity contribution in [3.8, 4) is 0 Å². The molecule has 0 aliphatic heterocycles. The lowest BCUT2D eigenvalue weighted by molar-refractivity contribution is -0.113. The van der Waals surface area contributed by atoms with Crippen molar-refractivity contribution in [3.05, 3.63) is 0 Å². The molecular formula is C18H34F4. The largest absolute Gasteiger partial charge is 0.251 e. The fourth-order valence-corrected chi connectivity index (χ4v) is 3.34. The van der Waals surface area contributed by atoms with Crippen molar-refractivity contribution in [1.29, 1.82) is 0 Å². The maximum absolute atomic E-state index is 13.9. The van der Waals surface area contributed by atoms with Gasteiger partial charge in [-0.25, -0.2) is 17.6 Å². The molecule has 2 aliphatic rings. The summed E-state index contributed by atoms with van der Waals surface area (Å²) >= 11 is 0. The predicted octanol–water partition coefficient (Wildman–Crippen LogP) is 7.47. The van der Waals surface area contributed by atoms with Crippen LogP contribution in [0.25, 0.3) is 0 Å². The Labute approximate surface area is 134 Å². The van der Waals surface area contributed by atoms with Gasteiger partial charge in [0.05, 0.1) is 0 Å². The van der Waals surface area contributed by atoms with Crippen LogP contribution in [-0.4, -0.2) is 11.8 Å². The van der Waals surface area contributed by atoms with Gasteiger partial charge in [0.25, 0.3) is 5.92 Å². The van der Waals surface area contributed by atoms with Crippen molar-refractivity contribution in [2.24, 2.45) is 11.8 Å². The normalized spacial score (nSPS) is 27.5. The lowest BCUT2D eigenvalue weighted by Crippen LogP contribution is -2.37. The van der Waals surface area contributed by atoms with Crippen LogP contribution in [0.5, 0.6) is 0 Å². The van der Waals surface area contributed by atoms with E-state index in [0.717, 1.165) is 12.8 Å². The Hall–Kier alpha value is -0.280. The van der Waals surface area contributed by atoms with Crippen LogP contribution in [0.15, 0.2) is 0 Å². The topological polar surface area (TPSA) is 0 Å². The third kappa shape index (κ3) is 7.32. The standard InChI is InChI=1S/C13H20F4.C3H8.C2H6/c14-12(15)8-5-10(6-9-12)11-4-2-1-3-7-13(11,16)17;1-3-2;1-2/h10-11H,1-9H2;3H2,1-2H3;1-2H3. The molecule has 1 atom stereocenters. The first-order valence-corrected chi connectivity index (χ1v) is 9.08. The minimum atomic E-state index is -2.63. The Bertz CT molecular complexity index is 266. The summed E-state index contributed by atoms with van der Waals surface area (Å²) in [5.74, 6) is -6.09. The zero-order valence-electron chi connectivity index (χ0n) is 14.7. The van der Waals surface area contributed by atoms with E-state index in [1.807, 2.05) is 13.8 Å². The highest BCUT2D eigenvalue weighted by molar-refractivity contribution is 4.89. The van der Waals surface area contributed by atoms with E-state index in [2.05, 4.69) is 13.8 Å². The van der Waals surface area contributed by atoms with Gasteiger partial charge in [0.1, 0.15) is 0 Å². The number of hydrogen-bond acceptors (Lipinski definition) is 0. The molecule has 0 N–H and O–H groups in total. The second-order valence-corrected chi connectivity index (χ2v) is 6.37. The van der Waals surface area contributed by atoms with Crippen molar-refractivity contribution < 1.29 is 17.6 Å². The van der Waals surface area contributed by atoms with Crippen molar-refractivity contribution in [3.63, 3.8) is 0 Å². The number of hydrogen-bond donors (Lipinski definition) is 0. The summed E-state index contributed by atoms with van der Waals surface area (Å²) in [5, 5.41) is 0.